The summed E-state index contributed by atoms with van der Waals surface area (Å²) in [5, 5.41) is 0. The van der Waals surface area contributed by atoms with E-state index in [2.05, 4.69) is 0 Å². The Morgan fingerprint density at radius 2 is 2.07 bits per heavy atom. The predicted octanol–water partition coefficient (Wildman–Crippen LogP) is 1.48. The van der Waals surface area contributed by atoms with Gasteiger partial charge in [-0.25, -0.2) is 0 Å². The van der Waals surface area contributed by atoms with Crippen molar-refractivity contribution in [3.05, 3.63) is 0 Å². The molecule has 0 aromatic rings. The van der Waals surface area contributed by atoms with Crippen molar-refractivity contribution < 1.29 is 4.79 Å². The summed E-state index contributed by atoms with van der Waals surface area (Å²) in [6, 6.07) is 0. The lowest BCUT2D eigenvalue weighted by molar-refractivity contribution is -0.128. The maximum absolute atomic E-state index is 11.9. The summed E-state index contributed by atoms with van der Waals surface area (Å²) in [4.78, 5) is 11.9. The van der Waals surface area contributed by atoms with Crippen LogP contribution in [0.25, 0.3) is 0 Å². The van der Waals surface area contributed by atoms with Gasteiger partial charge in [-0.1, -0.05) is 0 Å². The van der Waals surface area contributed by atoms with Gasteiger partial charge in [0, 0.05) is 11.0 Å². The molecule has 5 atom stereocenters. The zero-order valence-corrected chi connectivity index (χ0v) is 8.68. The van der Waals surface area contributed by atoms with Crippen LogP contribution in [0, 0.1) is 22.7 Å². The highest BCUT2D eigenvalue weighted by Crippen LogP contribution is 2.84. The topological polar surface area (TPSA) is 43.1 Å². The molecule has 4 saturated carbocycles. The number of carbonyl (C=O) groups excluding carboxylic acids is 1. The fraction of sp³-hybridized carbons (Fsp3) is 0.917. The van der Waals surface area contributed by atoms with Gasteiger partial charge in [0.15, 0.2) is 0 Å². The summed E-state index contributed by atoms with van der Waals surface area (Å²) in [6.45, 7) is 1.79. The van der Waals surface area contributed by atoms with E-state index < -0.39 is 0 Å². The number of rotatable bonds is 1. The third kappa shape index (κ3) is 0.474. The fourth-order valence-corrected chi connectivity index (χ4v) is 5.73. The van der Waals surface area contributed by atoms with E-state index >= 15 is 0 Å². The fourth-order valence-electron chi connectivity index (χ4n) is 5.73. The molecule has 0 radical (unpaired) electrons. The molecule has 0 aromatic carbocycles. The van der Waals surface area contributed by atoms with Crippen LogP contribution in [-0.2, 0) is 4.79 Å². The van der Waals surface area contributed by atoms with Crippen molar-refractivity contribution in [1.29, 1.82) is 0 Å². The predicted molar refractivity (Wildman–Crippen MR) is 52.5 cm³/mol. The van der Waals surface area contributed by atoms with Gasteiger partial charge in [0.25, 0.3) is 0 Å². The highest BCUT2D eigenvalue weighted by atomic mass is 16.1. The van der Waals surface area contributed by atoms with E-state index in [1.165, 1.54) is 19.3 Å². The largest absolute Gasteiger partial charge is 0.325 e. The van der Waals surface area contributed by atoms with Crippen molar-refractivity contribution in [1.82, 2.24) is 0 Å². The van der Waals surface area contributed by atoms with Crippen LogP contribution in [0.4, 0.5) is 0 Å². The van der Waals surface area contributed by atoms with Gasteiger partial charge in [0.1, 0.15) is 5.78 Å². The summed E-state index contributed by atoms with van der Waals surface area (Å²) in [7, 11) is 0. The van der Waals surface area contributed by atoms with Gasteiger partial charge >= 0.3 is 0 Å². The molecule has 1 spiro atoms. The number of nitrogens with two attached hydrogens (primary N) is 1. The molecule has 4 fully saturated rings. The molecule has 4 aliphatic rings. The van der Waals surface area contributed by atoms with Gasteiger partial charge in [0.2, 0.25) is 0 Å². The Morgan fingerprint density at radius 1 is 1.29 bits per heavy atom. The molecule has 76 valence electrons. The Kier molecular flexibility index (Phi) is 0.959. The number of fused-ring (bicyclic) bond motifs is 3. The van der Waals surface area contributed by atoms with Crippen molar-refractivity contribution >= 4 is 5.78 Å². The highest BCUT2D eigenvalue weighted by molar-refractivity contribution is 5.85. The second kappa shape index (κ2) is 1.71. The number of ketones is 1. The van der Waals surface area contributed by atoms with Crippen LogP contribution >= 0.6 is 0 Å². The van der Waals surface area contributed by atoms with Gasteiger partial charge in [-0.15, -0.1) is 0 Å². The maximum atomic E-state index is 11.9. The minimum atomic E-state index is 0.0295. The van der Waals surface area contributed by atoms with E-state index in [0.717, 1.165) is 18.8 Å². The molecule has 4 aliphatic carbocycles. The third-order valence-electron chi connectivity index (χ3n) is 6.31. The second-order valence-corrected chi connectivity index (χ2v) is 6.42. The molecule has 0 aromatic heterocycles. The molecule has 4 rings (SSSR count). The third-order valence-corrected chi connectivity index (χ3v) is 6.31. The van der Waals surface area contributed by atoms with Crippen molar-refractivity contribution in [3.63, 3.8) is 0 Å². The molecule has 2 N–H and O–H groups in total. The molecule has 0 amide bonds. The van der Waals surface area contributed by atoms with Gasteiger partial charge in [-0.05, 0) is 56.3 Å². The standard InChI is InChI=1S/C12H17NO/c1-7(14)10-5-11-3-8(10)2-9(11)4-12(11,13)6-10/h8-9H,2-6,13H2,1H3. The number of hydrogen-bond donors (Lipinski definition) is 1. The summed E-state index contributed by atoms with van der Waals surface area (Å²) in [6.07, 6.45) is 5.93. The SMILES string of the molecule is CC(=O)C12CC3(N)CC4CC1CC43C2. The van der Waals surface area contributed by atoms with Gasteiger partial charge < -0.3 is 5.73 Å². The molecule has 0 aliphatic heterocycles. The maximum Gasteiger partial charge on any atom is 0.136 e. The smallest absolute Gasteiger partial charge is 0.136 e. The van der Waals surface area contributed by atoms with E-state index in [9.17, 15) is 4.79 Å². The summed E-state index contributed by atoms with van der Waals surface area (Å²) < 4.78 is 0. The lowest BCUT2D eigenvalue weighted by Gasteiger charge is -2.56. The van der Waals surface area contributed by atoms with Gasteiger partial charge in [0.05, 0.1) is 0 Å². The van der Waals surface area contributed by atoms with Crippen molar-refractivity contribution in [3.8, 4) is 0 Å². The van der Waals surface area contributed by atoms with Crippen LogP contribution in [-0.4, -0.2) is 11.3 Å². The van der Waals surface area contributed by atoms with Crippen LogP contribution in [0.15, 0.2) is 0 Å². The van der Waals surface area contributed by atoms with Crippen LogP contribution in [0.3, 0.4) is 0 Å². The summed E-state index contributed by atoms with van der Waals surface area (Å²) in [5.74, 6) is 2.01. The molecule has 3 bridgehead atoms. The van der Waals surface area contributed by atoms with E-state index in [1.807, 2.05) is 0 Å². The van der Waals surface area contributed by atoms with Crippen LogP contribution < -0.4 is 5.73 Å². The first-order valence-electron chi connectivity index (χ1n) is 5.82. The molecular weight excluding hydrogens is 174 g/mol. The van der Waals surface area contributed by atoms with Gasteiger partial charge in [-0.3, -0.25) is 4.79 Å². The number of hydrogen-bond acceptors (Lipinski definition) is 2. The van der Waals surface area contributed by atoms with Gasteiger partial charge in [-0.2, -0.15) is 0 Å². The summed E-state index contributed by atoms with van der Waals surface area (Å²) in [5.41, 5.74) is 6.99. The Bertz CT molecular complexity index is 361. The molecule has 2 nitrogen and oxygen atoms in total. The Labute approximate surface area is 84.2 Å². The van der Waals surface area contributed by atoms with Crippen molar-refractivity contribution in [2.75, 3.05) is 0 Å². The monoisotopic (exact) mass is 191 g/mol. The number of Topliss-reactive ketones (excluding diaryl/α,β-unsaturated/α-hetero) is 1. The van der Waals surface area contributed by atoms with E-state index in [0.29, 0.717) is 17.1 Å². The van der Waals surface area contributed by atoms with Crippen LogP contribution in [0.2, 0.25) is 0 Å². The first kappa shape index (κ1) is 7.86. The second-order valence-electron chi connectivity index (χ2n) is 6.42. The minimum Gasteiger partial charge on any atom is -0.325 e. The zero-order chi connectivity index (χ0) is 9.77. The highest BCUT2D eigenvalue weighted by Gasteiger charge is 2.82. The molecule has 0 heterocycles. The average Bonchev–Trinajstić information content (AvgIpc) is 2.58. The number of carbonyl (C=O) groups is 1. The first-order chi connectivity index (χ1) is 6.53. The van der Waals surface area contributed by atoms with Crippen LogP contribution in [0.5, 0.6) is 0 Å². The molecule has 5 unspecified atom stereocenters. The average molecular weight is 191 g/mol. The Balaban J connectivity index is 1.92. The Hall–Kier alpha value is -0.370. The van der Waals surface area contributed by atoms with E-state index in [-0.39, 0.29) is 11.0 Å². The minimum absolute atomic E-state index is 0.0295. The lowest BCUT2D eigenvalue weighted by atomic mass is 9.51. The molecule has 2 heteroatoms. The quantitative estimate of drug-likeness (QED) is 0.682. The molecule has 14 heavy (non-hydrogen) atoms. The van der Waals surface area contributed by atoms with Crippen molar-refractivity contribution in [2.24, 2.45) is 28.4 Å². The van der Waals surface area contributed by atoms with Crippen LogP contribution in [0.1, 0.15) is 39.0 Å². The van der Waals surface area contributed by atoms with E-state index in [4.69, 9.17) is 5.73 Å². The van der Waals surface area contributed by atoms with Crippen molar-refractivity contribution in [2.45, 2.75) is 44.6 Å². The summed E-state index contributed by atoms with van der Waals surface area (Å²) >= 11 is 0. The molecule has 0 saturated heterocycles. The zero-order valence-electron chi connectivity index (χ0n) is 8.68. The van der Waals surface area contributed by atoms with E-state index in [1.54, 1.807) is 6.92 Å². The molecular formula is C12H17NO. The lowest BCUT2D eigenvalue weighted by Crippen LogP contribution is -2.63. The normalized spacial score (nSPS) is 67.0. The first-order valence-corrected chi connectivity index (χ1v) is 5.82. The Morgan fingerprint density at radius 3 is 2.71 bits per heavy atom.